The van der Waals surface area contributed by atoms with Crippen LogP contribution in [0.5, 0.6) is 11.5 Å². The smallest absolute Gasteiger partial charge is 0.416 e. The molecule has 0 radical (unpaired) electrons. The zero-order chi connectivity index (χ0) is 29.4. The minimum atomic E-state index is -4.65. The van der Waals surface area contributed by atoms with E-state index >= 15 is 0 Å². The highest BCUT2D eigenvalue weighted by atomic mass is 19.4. The summed E-state index contributed by atoms with van der Waals surface area (Å²) >= 11 is 0. The monoisotopic (exact) mass is 562 g/mol. The van der Waals surface area contributed by atoms with Gasteiger partial charge in [0.15, 0.2) is 0 Å². The van der Waals surface area contributed by atoms with Gasteiger partial charge in [-0.05, 0) is 54.4 Å². The number of carbonyl (C=O) groups excluding carboxylic acids is 1. The highest BCUT2D eigenvalue weighted by Gasteiger charge is 2.31. The number of alkyl halides is 3. The minimum Gasteiger partial charge on any atom is -0.496 e. The van der Waals surface area contributed by atoms with E-state index in [1.807, 2.05) is 13.8 Å². The summed E-state index contributed by atoms with van der Waals surface area (Å²) in [7, 11) is 1.37. The maximum atomic E-state index is 14.5. The Hall–Kier alpha value is -4.28. The molecule has 0 aliphatic carbocycles. The summed E-state index contributed by atoms with van der Waals surface area (Å²) in [5, 5.41) is 14.6. The molecule has 214 valence electrons. The van der Waals surface area contributed by atoms with Crippen molar-refractivity contribution in [2.45, 2.75) is 32.5 Å². The average Bonchev–Trinajstić information content (AvgIpc) is 2.90. The molecule has 3 rings (SSSR count). The fourth-order valence-electron chi connectivity index (χ4n) is 3.80. The van der Waals surface area contributed by atoms with Crippen LogP contribution in [0, 0.1) is 11.7 Å². The number of methoxy groups -OCH3 is 1. The van der Waals surface area contributed by atoms with Crippen molar-refractivity contribution in [2.75, 3.05) is 25.6 Å². The van der Waals surface area contributed by atoms with Crippen molar-refractivity contribution in [3.05, 3.63) is 77.6 Å². The van der Waals surface area contributed by atoms with Gasteiger partial charge in [0.1, 0.15) is 23.9 Å². The number of aliphatic carboxylic acids is 1. The fourth-order valence-corrected chi connectivity index (χ4v) is 3.80. The first-order valence-corrected chi connectivity index (χ1v) is 12.4. The van der Waals surface area contributed by atoms with Crippen molar-refractivity contribution in [1.29, 1.82) is 0 Å². The minimum absolute atomic E-state index is 0.0304. The molecule has 0 fully saturated rings. The molecule has 40 heavy (non-hydrogen) atoms. The first kappa shape index (κ1) is 30.3. The molecule has 3 aromatic rings. The third-order valence-corrected chi connectivity index (χ3v) is 6.12. The number of halogens is 4. The quantitative estimate of drug-likeness (QED) is 0.226. The van der Waals surface area contributed by atoms with Crippen LogP contribution in [0.4, 0.5) is 23.2 Å². The number of rotatable bonds is 12. The normalized spacial score (nSPS) is 12.1. The Kier molecular flexibility index (Phi) is 9.98. The molecule has 3 aromatic carbocycles. The third kappa shape index (κ3) is 8.11. The summed E-state index contributed by atoms with van der Waals surface area (Å²) in [5.41, 5.74) is 0.317. The highest BCUT2D eigenvalue weighted by molar-refractivity contribution is 5.94. The highest BCUT2D eigenvalue weighted by Crippen LogP contribution is 2.37. The Labute approximate surface area is 229 Å². The van der Waals surface area contributed by atoms with Crippen molar-refractivity contribution in [3.63, 3.8) is 0 Å². The second-order valence-corrected chi connectivity index (χ2v) is 9.34. The van der Waals surface area contributed by atoms with Crippen molar-refractivity contribution >= 4 is 17.6 Å². The lowest BCUT2D eigenvalue weighted by molar-refractivity contribution is -0.138. The Balaban J connectivity index is 1.67. The first-order chi connectivity index (χ1) is 18.9. The van der Waals surface area contributed by atoms with Gasteiger partial charge in [0.25, 0.3) is 5.91 Å². The molecule has 0 aliphatic rings. The molecule has 3 N–H and O–H groups in total. The lowest BCUT2D eigenvalue weighted by Gasteiger charge is -2.24. The van der Waals surface area contributed by atoms with Gasteiger partial charge in [-0.1, -0.05) is 19.9 Å². The number of hydrogen-bond acceptors (Lipinski definition) is 5. The molecule has 0 bridgehead atoms. The number of benzene rings is 3. The van der Waals surface area contributed by atoms with E-state index in [-0.39, 0.29) is 54.3 Å². The van der Waals surface area contributed by atoms with Gasteiger partial charge < -0.3 is 25.2 Å². The van der Waals surface area contributed by atoms with E-state index in [1.165, 1.54) is 13.2 Å². The van der Waals surface area contributed by atoms with E-state index in [2.05, 4.69) is 10.6 Å². The molecule has 0 saturated heterocycles. The summed E-state index contributed by atoms with van der Waals surface area (Å²) in [6, 6.07) is 13.6. The summed E-state index contributed by atoms with van der Waals surface area (Å²) in [4.78, 5) is 22.7. The Bertz CT molecular complexity index is 1330. The maximum absolute atomic E-state index is 14.5. The van der Waals surface area contributed by atoms with E-state index in [9.17, 15) is 27.2 Å². The van der Waals surface area contributed by atoms with E-state index in [1.54, 1.807) is 36.4 Å². The number of hydrogen-bond donors (Lipinski definition) is 3. The van der Waals surface area contributed by atoms with E-state index in [0.717, 1.165) is 17.8 Å². The molecule has 1 amide bonds. The van der Waals surface area contributed by atoms with Gasteiger partial charge in [-0.15, -0.1) is 0 Å². The average molecular weight is 563 g/mol. The molecule has 0 saturated carbocycles. The molecule has 0 heterocycles. The molecule has 7 nitrogen and oxygen atoms in total. The summed E-state index contributed by atoms with van der Waals surface area (Å²) in [5.74, 6) is -1.58. The van der Waals surface area contributed by atoms with Gasteiger partial charge in [-0.25, -0.2) is 4.39 Å². The zero-order valence-corrected chi connectivity index (χ0v) is 22.1. The van der Waals surface area contributed by atoms with Gasteiger partial charge in [0, 0.05) is 35.0 Å². The maximum Gasteiger partial charge on any atom is 0.416 e. The van der Waals surface area contributed by atoms with Gasteiger partial charge in [-0.3, -0.25) is 9.59 Å². The van der Waals surface area contributed by atoms with E-state index in [0.29, 0.717) is 17.4 Å². The van der Waals surface area contributed by atoms with Crippen LogP contribution in [-0.4, -0.2) is 43.3 Å². The Morgan fingerprint density at radius 3 is 2.23 bits per heavy atom. The number of anilines is 1. The van der Waals surface area contributed by atoms with Gasteiger partial charge in [0.05, 0.1) is 25.1 Å². The Morgan fingerprint density at radius 2 is 1.65 bits per heavy atom. The first-order valence-electron chi connectivity index (χ1n) is 12.4. The van der Waals surface area contributed by atoms with Crippen molar-refractivity contribution in [3.8, 4) is 22.6 Å². The van der Waals surface area contributed by atoms with Crippen LogP contribution in [0.3, 0.4) is 0 Å². The number of carbonyl (C=O) groups is 2. The predicted octanol–water partition coefficient (Wildman–Crippen LogP) is 6.24. The number of carboxylic acid groups (broad SMARTS) is 1. The van der Waals surface area contributed by atoms with Gasteiger partial charge >= 0.3 is 12.1 Å². The lowest BCUT2D eigenvalue weighted by atomic mass is 10.0. The molecule has 0 aromatic heterocycles. The second-order valence-electron chi connectivity index (χ2n) is 9.34. The second kappa shape index (κ2) is 13.2. The number of ether oxygens (including phenoxy) is 2. The van der Waals surface area contributed by atoms with Crippen LogP contribution in [0.25, 0.3) is 11.1 Å². The molecule has 1 atom stereocenters. The predicted molar refractivity (Wildman–Crippen MR) is 142 cm³/mol. The molecule has 11 heteroatoms. The number of nitrogens with one attached hydrogen (secondary N) is 2. The third-order valence-electron chi connectivity index (χ3n) is 6.12. The van der Waals surface area contributed by atoms with Gasteiger partial charge in [0.2, 0.25) is 0 Å². The number of amides is 1. The lowest BCUT2D eigenvalue weighted by Crippen LogP contribution is -2.32. The standard InChI is InChI=1S/C29H30F4N2O5/c1-17(2)25(35-20-7-4-18(5-8-20)28(38)34-13-12-27(36)37)16-40-21-9-11-23(26(15-21)39-3)22-10-6-19(14-24(22)30)29(31,32)33/h4-11,14-15,17,25,35H,12-13,16H2,1-3H3,(H,34,38)(H,36,37)/t25-/m1/s1. The summed E-state index contributed by atoms with van der Waals surface area (Å²) in [6.07, 6.45) is -4.82. The summed E-state index contributed by atoms with van der Waals surface area (Å²) in [6.45, 7) is 4.28. The Morgan fingerprint density at radius 1 is 0.975 bits per heavy atom. The van der Waals surface area contributed by atoms with Crippen LogP contribution >= 0.6 is 0 Å². The van der Waals surface area contributed by atoms with Gasteiger partial charge in [-0.2, -0.15) is 13.2 Å². The van der Waals surface area contributed by atoms with E-state index in [4.69, 9.17) is 14.6 Å². The van der Waals surface area contributed by atoms with Crippen LogP contribution in [0.15, 0.2) is 60.7 Å². The van der Waals surface area contributed by atoms with Crippen molar-refractivity contribution in [2.24, 2.45) is 5.92 Å². The molecular formula is C29H30F4N2O5. The van der Waals surface area contributed by atoms with Crippen molar-refractivity contribution in [1.82, 2.24) is 5.32 Å². The fraction of sp³-hybridized carbons (Fsp3) is 0.310. The van der Waals surface area contributed by atoms with Crippen molar-refractivity contribution < 1.29 is 41.7 Å². The van der Waals surface area contributed by atoms with Crippen LogP contribution < -0.4 is 20.1 Å². The molecule has 0 unspecified atom stereocenters. The van der Waals surface area contributed by atoms with Crippen LogP contribution in [0.2, 0.25) is 0 Å². The van der Waals surface area contributed by atoms with Crippen LogP contribution in [-0.2, 0) is 11.0 Å². The largest absolute Gasteiger partial charge is 0.496 e. The molecule has 0 spiro atoms. The summed E-state index contributed by atoms with van der Waals surface area (Å²) < 4.78 is 64.6. The SMILES string of the molecule is COc1cc(OC[C@@H](Nc2ccc(C(=O)NCCC(=O)O)cc2)C(C)C)ccc1-c1ccc(C(F)(F)F)cc1F. The molecular weight excluding hydrogens is 532 g/mol. The van der Waals surface area contributed by atoms with E-state index < -0.39 is 23.5 Å². The topological polar surface area (TPSA) is 96.9 Å². The zero-order valence-electron chi connectivity index (χ0n) is 22.1. The van der Waals surface area contributed by atoms with Crippen LogP contribution in [0.1, 0.15) is 36.2 Å². The molecule has 0 aliphatic heterocycles. The number of carboxylic acids is 1.